The monoisotopic (exact) mass is 1140 g/mol. The highest BCUT2D eigenvalue weighted by Crippen LogP contribution is 2.45. The molecule has 0 radical (unpaired) electrons. The molecule has 0 aliphatic carbocycles. The van der Waals surface area contributed by atoms with Crippen LogP contribution in [0.15, 0.2) is 0 Å². The molecule has 0 bridgehead atoms. The van der Waals surface area contributed by atoms with E-state index in [0.29, 0.717) is 25.7 Å². The van der Waals surface area contributed by atoms with E-state index < -0.39 is 97.5 Å². The first-order valence-electron chi connectivity index (χ1n) is 30.8. The van der Waals surface area contributed by atoms with Crippen LogP contribution >= 0.6 is 15.6 Å². The number of unbranched alkanes of at least 4 members (excludes halogenated alkanes) is 33. The lowest BCUT2D eigenvalue weighted by atomic mass is 10.0. The van der Waals surface area contributed by atoms with Crippen molar-refractivity contribution in [3.05, 3.63) is 0 Å². The molecule has 456 valence electrons. The van der Waals surface area contributed by atoms with Gasteiger partial charge in [0.1, 0.15) is 19.3 Å². The molecule has 0 fully saturated rings. The summed E-state index contributed by atoms with van der Waals surface area (Å²) in [6.07, 6.45) is 36.3. The Kier molecular flexibility index (Phi) is 52.0. The second kappa shape index (κ2) is 53.4. The summed E-state index contributed by atoms with van der Waals surface area (Å²) in [4.78, 5) is 71.7. The van der Waals surface area contributed by atoms with Gasteiger partial charge in [0.25, 0.3) is 0 Å². The molecular formula is C58H112O17P2. The molecule has 0 heterocycles. The number of esters is 4. The second-order valence-corrected chi connectivity index (χ2v) is 23.9. The molecule has 19 heteroatoms. The number of phosphoric acid groups is 2. The van der Waals surface area contributed by atoms with Crippen LogP contribution in [0.1, 0.15) is 291 Å². The van der Waals surface area contributed by atoms with Crippen molar-refractivity contribution in [3.8, 4) is 0 Å². The van der Waals surface area contributed by atoms with Gasteiger partial charge < -0.3 is 33.8 Å². The minimum absolute atomic E-state index is 0.105. The molecule has 77 heavy (non-hydrogen) atoms. The van der Waals surface area contributed by atoms with Crippen LogP contribution in [0.4, 0.5) is 0 Å². The highest BCUT2D eigenvalue weighted by molar-refractivity contribution is 7.47. The first-order chi connectivity index (χ1) is 37.2. The quantitative estimate of drug-likeness (QED) is 0.0222. The fourth-order valence-electron chi connectivity index (χ4n) is 8.57. The van der Waals surface area contributed by atoms with Crippen molar-refractivity contribution in [2.75, 3.05) is 39.6 Å². The number of hydrogen-bond donors (Lipinski definition) is 3. The fraction of sp³-hybridized carbons (Fsp3) is 0.931. The number of carbonyl (C=O) groups is 4. The van der Waals surface area contributed by atoms with Crippen molar-refractivity contribution in [1.29, 1.82) is 0 Å². The summed E-state index contributed by atoms with van der Waals surface area (Å²) >= 11 is 0. The van der Waals surface area contributed by atoms with Crippen molar-refractivity contribution in [1.82, 2.24) is 0 Å². The van der Waals surface area contributed by atoms with E-state index in [1.807, 2.05) is 0 Å². The van der Waals surface area contributed by atoms with E-state index in [-0.39, 0.29) is 25.7 Å². The average Bonchev–Trinajstić information content (AvgIpc) is 3.40. The lowest BCUT2D eigenvalue weighted by Gasteiger charge is -2.21. The van der Waals surface area contributed by atoms with E-state index in [9.17, 15) is 43.2 Å². The van der Waals surface area contributed by atoms with Crippen LogP contribution in [-0.2, 0) is 65.4 Å². The van der Waals surface area contributed by atoms with Gasteiger partial charge in [-0.25, -0.2) is 9.13 Å². The number of ether oxygens (including phenoxy) is 4. The van der Waals surface area contributed by atoms with Gasteiger partial charge >= 0.3 is 39.5 Å². The van der Waals surface area contributed by atoms with Crippen LogP contribution in [0, 0.1) is 0 Å². The van der Waals surface area contributed by atoms with E-state index in [4.69, 9.17) is 37.0 Å². The zero-order valence-corrected chi connectivity index (χ0v) is 50.7. The van der Waals surface area contributed by atoms with E-state index in [1.54, 1.807) is 0 Å². The smallest absolute Gasteiger partial charge is 0.462 e. The highest BCUT2D eigenvalue weighted by atomic mass is 31.2. The lowest BCUT2D eigenvalue weighted by molar-refractivity contribution is -0.161. The molecule has 0 aromatic carbocycles. The van der Waals surface area contributed by atoms with Gasteiger partial charge in [-0.2, -0.15) is 0 Å². The van der Waals surface area contributed by atoms with Crippen molar-refractivity contribution < 1.29 is 80.2 Å². The Morgan fingerprint density at radius 1 is 0.312 bits per heavy atom. The first kappa shape index (κ1) is 75.1. The van der Waals surface area contributed by atoms with E-state index in [1.165, 1.54) is 103 Å². The van der Waals surface area contributed by atoms with Gasteiger partial charge in [0.05, 0.1) is 26.4 Å². The molecule has 5 atom stereocenters. The lowest BCUT2D eigenvalue weighted by Crippen LogP contribution is -2.30. The minimum Gasteiger partial charge on any atom is -0.462 e. The fourth-order valence-corrected chi connectivity index (χ4v) is 10.2. The maximum atomic E-state index is 12.9. The molecule has 0 aliphatic heterocycles. The maximum Gasteiger partial charge on any atom is 0.472 e. The molecule has 0 spiro atoms. The van der Waals surface area contributed by atoms with Gasteiger partial charge in [0.2, 0.25) is 0 Å². The largest absolute Gasteiger partial charge is 0.472 e. The van der Waals surface area contributed by atoms with Crippen molar-refractivity contribution >= 4 is 39.5 Å². The molecule has 0 saturated heterocycles. The van der Waals surface area contributed by atoms with Crippen LogP contribution in [0.3, 0.4) is 0 Å². The van der Waals surface area contributed by atoms with Crippen LogP contribution in [0.25, 0.3) is 0 Å². The number of hydrogen-bond acceptors (Lipinski definition) is 15. The number of carbonyl (C=O) groups excluding carboxylic acids is 4. The summed E-state index contributed by atoms with van der Waals surface area (Å²) in [5.74, 6) is -2.15. The maximum absolute atomic E-state index is 12.9. The van der Waals surface area contributed by atoms with Gasteiger partial charge in [0.15, 0.2) is 12.2 Å². The van der Waals surface area contributed by atoms with Crippen LogP contribution < -0.4 is 0 Å². The van der Waals surface area contributed by atoms with Crippen molar-refractivity contribution in [2.45, 2.75) is 309 Å². The predicted octanol–water partition coefficient (Wildman–Crippen LogP) is 15.6. The van der Waals surface area contributed by atoms with Crippen molar-refractivity contribution in [3.63, 3.8) is 0 Å². The summed E-state index contributed by atoms with van der Waals surface area (Å²) in [5.41, 5.74) is 0. The zero-order chi connectivity index (χ0) is 56.9. The first-order valence-corrected chi connectivity index (χ1v) is 33.8. The molecule has 0 aromatic heterocycles. The SMILES string of the molecule is CCCCCCCCCCCCCCCC(=O)O[C@H](COC(=O)CCCCCCCCCC)COP(=O)(O)OC[C@@H](O)COP(=O)(O)OC[C@@H](COC(=O)CCCCCCCCCC)OC(=O)CCCCCCCCCC. The molecule has 0 aromatic rings. The Morgan fingerprint density at radius 3 is 0.766 bits per heavy atom. The summed E-state index contributed by atoms with van der Waals surface area (Å²) in [5, 5.41) is 10.5. The van der Waals surface area contributed by atoms with Gasteiger partial charge in [-0.05, 0) is 25.7 Å². The van der Waals surface area contributed by atoms with Crippen molar-refractivity contribution in [2.24, 2.45) is 0 Å². The van der Waals surface area contributed by atoms with Gasteiger partial charge in [-0.1, -0.05) is 240 Å². The summed E-state index contributed by atoms with van der Waals surface area (Å²) in [6.45, 7) is 4.77. The second-order valence-electron chi connectivity index (χ2n) is 21.0. The third-order valence-electron chi connectivity index (χ3n) is 13.4. The number of phosphoric ester groups is 2. The van der Waals surface area contributed by atoms with Crippen LogP contribution in [-0.4, -0.2) is 96.7 Å². The van der Waals surface area contributed by atoms with Gasteiger partial charge in [0, 0.05) is 25.7 Å². The van der Waals surface area contributed by atoms with Gasteiger partial charge in [-0.15, -0.1) is 0 Å². The average molecular weight is 1140 g/mol. The molecule has 3 N–H and O–H groups in total. The third kappa shape index (κ3) is 53.2. The molecule has 2 unspecified atom stereocenters. The molecule has 0 saturated carbocycles. The van der Waals surface area contributed by atoms with E-state index in [0.717, 1.165) is 109 Å². The topological polar surface area (TPSA) is 237 Å². The van der Waals surface area contributed by atoms with Crippen LogP contribution in [0.2, 0.25) is 0 Å². The zero-order valence-electron chi connectivity index (χ0n) is 48.9. The third-order valence-corrected chi connectivity index (χ3v) is 15.3. The number of aliphatic hydroxyl groups is 1. The minimum atomic E-state index is -4.93. The summed E-state index contributed by atoms with van der Waals surface area (Å²) < 4.78 is 67.6. The van der Waals surface area contributed by atoms with Gasteiger partial charge in [-0.3, -0.25) is 37.3 Å². The number of aliphatic hydroxyl groups excluding tert-OH is 1. The summed E-state index contributed by atoms with van der Waals surface area (Å²) in [6, 6.07) is 0. The molecule has 17 nitrogen and oxygen atoms in total. The van der Waals surface area contributed by atoms with Crippen LogP contribution in [0.5, 0.6) is 0 Å². The molecule has 0 rings (SSSR count). The Morgan fingerprint density at radius 2 is 0.519 bits per heavy atom. The van der Waals surface area contributed by atoms with E-state index in [2.05, 4.69) is 27.7 Å². The standard InChI is InChI=1S/C58H112O17P2/c1-5-9-13-17-21-25-26-27-28-29-33-37-41-45-58(63)75-54(49-69-56(61)43-39-35-31-23-19-15-11-7-3)51-73-77(66,67)71-47-52(59)46-70-76(64,65)72-50-53(74-57(62)44-40-36-32-24-20-16-12-8-4)48-68-55(60)42-38-34-30-22-18-14-10-6-2/h52-54,59H,5-51H2,1-4H3,(H,64,65)(H,66,67)/t52-,53+,54+/m0/s1. The molecule has 0 aliphatic rings. The normalized spacial score (nSPS) is 14.3. The predicted molar refractivity (Wildman–Crippen MR) is 303 cm³/mol. The highest BCUT2D eigenvalue weighted by Gasteiger charge is 2.30. The molecular weight excluding hydrogens is 1030 g/mol. The number of rotatable bonds is 59. The Balaban J connectivity index is 5.18. The Bertz CT molecular complexity index is 1500. The Labute approximate surface area is 467 Å². The summed E-state index contributed by atoms with van der Waals surface area (Å²) in [7, 11) is -9.86. The Hall–Kier alpha value is -1.94. The molecule has 0 amide bonds. The van der Waals surface area contributed by atoms with E-state index >= 15 is 0 Å².